The average Bonchev–Trinajstić information content (AvgIpc) is 3.17. The van der Waals surface area contributed by atoms with Crippen LogP contribution in [0.25, 0.3) is 0 Å². The SMILES string of the molecule is C[C@H]1CC[C@@]2(OC1)O[C@@H]1C[C@H]3[C@@H]4C[C@H](O)[C@H]5C[C@H](N)CC[C@]5(C)[C@H]4CC[C@]3(C)[C@H]1[C@@H]2C. The highest BCUT2D eigenvalue weighted by Gasteiger charge is 2.69. The van der Waals surface area contributed by atoms with E-state index in [-0.39, 0.29) is 23.3 Å². The lowest BCUT2D eigenvalue weighted by atomic mass is 9.43. The molecule has 2 heterocycles. The molecule has 1 spiro atoms. The topological polar surface area (TPSA) is 64.7 Å². The molecule has 2 aliphatic heterocycles. The highest BCUT2D eigenvalue weighted by molar-refractivity contribution is 5.16. The lowest BCUT2D eigenvalue weighted by Crippen LogP contribution is -2.59. The molecule has 6 aliphatic rings. The van der Waals surface area contributed by atoms with E-state index in [0.717, 1.165) is 38.2 Å². The lowest BCUT2D eigenvalue weighted by Gasteiger charge is -2.62. The zero-order valence-corrected chi connectivity index (χ0v) is 20.2. The Balaban J connectivity index is 1.28. The summed E-state index contributed by atoms with van der Waals surface area (Å²) >= 11 is 0. The maximum Gasteiger partial charge on any atom is 0.171 e. The zero-order chi connectivity index (χ0) is 21.8. The molecule has 0 bridgehead atoms. The molecule has 0 unspecified atom stereocenters. The molecule has 0 radical (unpaired) electrons. The van der Waals surface area contributed by atoms with Crippen molar-refractivity contribution in [2.24, 2.45) is 58.0 Å². The Hall–Kier alpha value is -0.160. The fourth-order valence-electron chi connectivity index (χ4n) is 10.3. The summed E-state index contributed by atoms with van der Waals surface area (Å²) in [6.45, 7) is 10.7. The van der Waals surface area contributed by atoms with Crippen molar-refractivity contribution in [1.82, 2.24) is 0 Å². The summed E-state index contributed by atoms with van der Waals surface area (Å²) < 4.78 is 13.3. The minimum absolute atomic E-state index is 0.173. The van der Waals surface area contributed by atoms with Gasteiger partial charge in [0.25, 0.3) is 0 Å². The van der Waals surface area contributed by atoms with Crippen molar-refractivity contribution < 1.29 is 14.6 Å². The van der Waals surface area contributed by atoms with Gasteiger partial charge in [0.05, 0.1) is 18.8 Å². The van der Waals surface area contributed by atoms with Crippen molar-refractivity contribution in [3.63, 3.8) is 0 Å². The van der Waals surface area contributed by atoms with Crippen LogP contribution in [0.3, 0.4) is 0 Å². The molecule has 4 aliphatic carbocycles. The van der Waals surface area contributed by atoms with Crippen LogP contribution in [0.2, 0.25) is 0 Å². The highest BCUT2D eigenvalue weighted by Crippen LogP contribution is 2.71. The maximum absolute atomic E-state index is 11.3. The van der Waals surface area contributed by atoms with E-state index in [1.807, 2.05) is 0 Å². The Morgan fingerprint density at radius 1 is 0.871 bits per heavy atom. The van der Waals surface area contributed by atoms with Gasteiger partial charge >= 0.3 is 0 Å². The van der Waals surface area contributed by atoms with Gasteiger partial charge in [-0.2, -0.15) is 0 Å². The first-order valence-electron chi connectivity index (χ1n) is 13.4. The van der Waals surface area contributed by atoms with E-state index in [0.29, 0.717) is 47.0 Å². The lowest BCUT2D eigenvalue weighted by molar-refractivity contribution is -0.273. The van der Waals surface area contributed by atoms with Crippen LogP contribution in [-0.4, -0.2) is 35.8 Å². The second-order valence-corrected chi connectivity index (χ2v) is 13.3. The monoisotopic (exact) mass is 431 g/mol. The summed E-state index contributed by atoms with van der Waals surface area (Å²) in [5.74, 6) is 3.90. The van der Waals surface area contributed by atoms with Crippen LogP contribution in [0.4, 0.5) is 0 Å². The number of hydrogen-bond donors (Lipinski definition) is 2. The molecule has 0 aromatic carbocycles. The number of fused-ring (bicyclic) bond motifs is 7. The Kier molecular flexibility index (Phi) is 4.78. The van der Waals surface area contributed by atoms with Crippen LogP contribution < -0.4 is 5.73 Å². The van der Waals surface area contributed by atoms with Crippen LogP contribution in [0, 0.1) is 52.3 Å². The predicted octanol–water partition coefficient (Wildman–Crippen LogP) is 4.73. The molecule has 31 heavy (non-hydrogen) atoms. The number of ether oxygens (including phenoxy) is 2. The van der Waals surface area contributed by atoms with Gasteiger partial charge in [-0.15, -0.1) is 0 Å². The Bertz CT molecular complexity index is 719. The second-order valence-electron chi connectivity index (χ2n) is 13.3. The largest absolute Gasteiger partial charge is 0.393 e. The Labute approximate surface area is 189 Å². The van der Waals surface area contributed by atoms with Crippen LogP contribution >= 0.6 is 0 Å². The van der Waals surface area contributed by atoms with E-state index in [2.05, 4.69) is 27.7 Å². The molecule has 2 saturated heterocycles. The molecule has 4 saturated carbocycles. The third-order valence-electron chi connectivity index (χ3n) is 12.0. The molecular weight excluding hydrogens is 386 g/mol. The molecule has 0 amide bonds. The van der Waals surface area contributed by atoms with Gasteiger partial charge in [0.2, 0.25) is 0 Å². The predicted molar refractivity (Wildman–Crippen MR) is 121 cm³/mol. The van der Waals surface area contributed by atoms with Crippen molar-refractivity contribution in [1.29, 1.82) is 0 Å². The quantitative estimate of drug-likeness (QED) is 0.582. The molecule has 176 valence electrons. The smallest absolute Gasteiger partial charge is 0.171 e. The summed E-state index contributed by atoms with van der Waals surface area (Å²) in [5, 5.41) is 11.3. The third kappa shape index (κ3) is 2.80. The molecule has 0 aromatic rings. The van der Waals surface area contributed by atoms with Crippen LogP contribution in [-0.2, 0) is 9.47 Å². The summed E-state index contributed by atoms with van der Waals surface area (Å²) in [5.41, 5.74) is 6.95. The molecule has 13 atom stereocenters. The number of aliphatic hydroxyl groups is 1. The molecule has 3 N–H and O–H groups in total. The van der Waals surface area contributed by atoms with E-state index in [1.54, 1.807) is 0 Å². The van der Waals surface area contributed by atoms with Crippen molar-refractivity contribution in [2.45, 2.75) is 110 Å². The van der Waals surface area contributed by atoms with Gasteiger partial charge in [-0.25, -0.2) is 0 Å². The van der Waals surface area contributed by atoms with Crippen molar-refractivity contribution in [3.05, 3.63) is 0 Å². The molecule has 6 fully saturated rings. The number of rotatable bonds is 0. The fraction of sp³-hybridized carbons (Fsp3) is 1.00. The van der Waals surface area contributed by atoms with Crippen molar-refractivity contribution in [2.75, 3.05) is 6.61 Å². The van der Waals surface area contributed by atoms with Gasteiger partial charge in [-0.3, -0.25) is 0 Å². The standard InChI is InChI=1S/C27H45NO3/c1-15-5-10-27(30-14-15)16(2)24-23(31-27)13-20-18-12-22(29)21-11-17(28)6-8-25(21,3)19(18)7-9-26(20,24)4/h15-24,29H,5-14,28H2,1-4H3/t15-,16-,17+,18+,19-,20-,21+,22-,23+,24-,25+,26-,27+/m0/s1. The van der Waals surface area contributed by atoms with E-state index >= 15 is 0 Å². The summed E-state index contributed by atoms with van der Waals surface area (Å²) in [7, 11) is 0. The summed E-state index contributed by atoms with van der Waals surface area (Å²) in [6.07, 6.45) is 10.6. The van der Waals surface area contributed by atoms with Gasteiger partial charge < -0.3 is 20.3 Å². The van der Waals surface area contributed by atoms with Gasteiger partial charge in [0.15, 0.2) is 5.79 Å². The first kappa shape index (κ1) is 21.4. The van der Waals surface area contributed by atoms with Crippen molar-refractivity contribution in [3.8, 4) is 0 Å². The van der Waals surface area contributed by atoms with Crippen LogP contribution in [0.5, 0.6) is 0 Å². The Morgan fingerprint density at radius 3 is 2.39 bits per heavy atom. The minimum atomic E-state index is -0.324. The average molecular weight is 432 g/mol. The van der Waals surface area contributed by atoms with Crippen molar-refractivity contribution >= 4 is 0 Å². The van der Waals surface area contributed by atoms with E-state index in [1.165, 1.54) is 32.1 Å². The Morgan fingerprint density at radius 2 is 1.65 bits per heavy atom. The molecule has 6 rings (SSSR count). The normalized spacial score (nSPS) is 63.3. The number of hydrogen-bond acceptors (Lipinski definition) is 4. The van der Waals surface area contributed by atoms with Crippen LogP contribution in [0.1, 0.15) is 85.5 Å². The van der Waals surface area contributed by atoms with Crippen LogP contribution in [0.15, 0.2) is 0 Å². The first-order valence-corrected chi connectivity index (χ1v) is 13.4. The first-order chi connectivity index (χ1) is 14.7. The minimum Gasteiger partial charge on any atom is -0.393 e. The number of nitrogens with two attached hydrogens (primary N) is 1. The van der Waals surface area contributed by atoms with Gasteiger partial charge in [0, 0.05) is 18.4 Å². The van der Waals surface area contributed by atoms with Gasteiger partial charge in [-0.1, -0.05) is 27.7 Å². The summed E-state index contributed by atoms with van der Waals surface area (Å²) in [4.78, 5) is 0. The molecule has 4 heteroatoms. The third-order valence-corrected chi connectivity index (χ3v) is 12.0. The van der Waals surface area contributed by atoms with Gasteiger partial charge in [0.1, 0.15) is 0 Å². The highest BCUT2D eigenvalue weighted by atomic mass is 16.7. The van der Waals surface area contributed by atoms with Gasteiger partial charge in [-0.05, 0) is 97.7 Å². The van der Waals surface area contributed by atoms with E-state index < -0.39 is 0 Å². The molecule has 0 aromatic heterocycles. The summed E-state index contributed by atoms with van der Waals surface area (Å²) in [6, 6.07) is 0.285. The fourth-order valence-corrected chi connectivity index (χ4v) is 10.3. The molecular formula is C27H45NO3. The second kappa shape index (κ2) is 6.93. The van der Waals surface area contributed by atoms with E-state index in [9.17, 15) is 5.11 Å². The zero-order valence-electron chi connectivity index (χ0n) is 20.2. The maximum atomic E-state index is 11.3. The molecule has 4 nitrogen and oxygen atoms in total. The number of aliphatic hydroxyl groups excluding tert-OH is 1. The van der Waals surface area contributed by atoms with E-state index in [4.69, 9.17) is 15.2 Å².